The van der Waals surface area contributed by atoms with Gasteiger partial charge in [0.15, 0.2) is 5.78 Å². The van der Waals surface area contributed by atoms with E-state index in [4.69, 9.17) is 0 Å². The van der Waals surface area contributed by atoms with Crippen molar-refractivity contribution in [3.05, 3.63) is 23.8 Å². The molecule has 1 aliphatic rings. The fourth-order valence-electron chi connectivity index (χ4n) is 1.70. The van der Waals surface area contributed by atoms with E-state index in [-0.39, 0.29) is 0 Å². The summed E-state index contributed by atoms with van der Waals surface area (Å²) in [5.41, 5.74) is 0.931. The third-order valence-electron chi connectivity index (χ3n) is 2.60. The van der Waals surface area contributed by atoms with Crippen LogP contribution >= 0.6 is 0 Å². The van der Waals surface area contributed by atoms with Crippen molar-refractivity contribution >= 4 is 5.78 Å². The highest BCUT2D eigenvalue weighted by Gasteiger charge is 2.07. The van der Waals surface area contributed by atoms with Gasteiger partial charge in [0.25, 0.3) is 0 Å². The number of unbranched alkanes of at least 4 members (excludes halogenated alkanes) is 4. The first-order valence-electron chi connectivity index (χ1n) is 5.74. The molecule has 1 aliphatic carbocycles. The highest BCUT2D eigenvalue weighted by molar-refractivity contribution is 5.98. The number of ketones is 1. The molecule has 1 heteroatoms. The van der Waals surface area contributed by atoms with Crippen LogP contribution in [0.2, 0.25) is 0 Å². The van der Waals surface area contributed by atoms with Crippen LogP contribution in [0, 0.1) is 0 Å². The Bertz CT molecular complexity index is 236. The van der Waals surface area contributed by atoms with Crippen molar-refractivity contribution in [2.24, 2.45) is 0 Å². The first-order chi connectivity index (χ1) is 6.84. The summed E-state index contributed by atoms with van der Waals surface area (Å²) in [7, 11) is 0. The fourth-order valence-corrected chi connectivity index (χ4v) is 1.70. The van der Waals surface area contributed by atoms with Gasteiger partial charge in [-0.15, -0.1) is 0 Å². The van der Waals surface area contributed by atoms with E-state index >= 15 is 0 Å². The molecule has 0 spiro atoms. The molecule has 0 aromatic heterocycles. The maximum absolute atomic E-state index is 11.6. The van der Waals surface area contributed by atoms with Gasteiger partial charge in [0, 0.05) is 12.0 Å². The van der Waals surface area contributed by atoms with E-state index in [0.717, 1.165) is 24.8 Å². The zero-order valence-corrected chi connectivity index (χ0v) is 9.09. The Kier molecular flexibility index (Phi) is 5.28. The second-order valence-electron chi connectivity index (χ2n) is 3.88. The van der Waals surface area contributed by atoms with Gasteiger partial charge in [0.05, 0.1) is 0 Å². The minimum Gasteiger partial charge on any atom is -0.294 e. The van der Waals surface area contributed by atoms with E-state index in [1.54, 1.807) is 0 Å². The van der Waals surface area contributed by atoms with Crippen LogP contribution in [0.4, 0.5) is 0 Å². The van der Waals surface area contributed by atoms with E-state index in [2.05, 4.69) is 6.92 Å². The average Bonchev–Trinajstić information content (AvgIpc) is 2.70. The third-order valence-corrected chi connectivity index (χ3v) is 2.60. The first-order valence-corrected chi connectivity index (χ1v) is 5.74. The average molecular weight is 192 g/mol. The minimum atomic E-state index is 0.329. The SMILES string of the molecule is CCCCCCCC(=O)C1=CCC=C1. The molecule has 0 amide bonds. The van der Waals surface area contributed by atoms with Crippen molar-refractivity contribution in [2.75, 3.05) is 0 Å². The van der Waals surface area contributed by atoms with Crippen LogP contribution in [0.3, 0.4) is 0 Å². The topological polar surface area (TPSA) is 17.1 Å². The predicted octanol–water partition coefficient (Wildman–Crippen LogP) is 3.80. The lowest BCUT2D eigenvalue weighted by Crippen LogP contribution is -1.98. The monoisotopic (exact) mass is 192 g/mol. The molecule has 0 radical (unpaired) electrons. The van der Waals surface area contributed by atoms with Gasteiger partial charge in [-0.25, -0.2) is 0 Å². The lowest BCUT2D eigenvalue weighted by Gasteiger charge is -2.00. The lowest BCUT2D eigenvalue weighted by atomic mass is 10.0. The lowest BCUT2D eigenvalue weighted by molar-refractivity contribution is -0.115. The Hall–Kier alpha value is -0.850. The van der Waals surface area contributed by atoms with E-state index in [1.807, 2.05) is 18.2 Å². The molecule has 0 heterocycles. The smallest absolute Gasteiger partial charge is 0.162 e. The van der Waals surface area contributed by atoms with Crippen LogP contribution < -0.4 is 0 Å². The van der Waals surface area contributed by atoms with E-state index in [9.17, 15) is 4.79 Å². The predicted molar refractivity (Wildman–Crippen MR) is 60.2 cm³/mol. The van der Waals surface area contributed by atoms with Gasteiger partial charge >= 0.3 is 0 Å². The maximum Gasteiger partial charge on any atom is 0.162 e. The number of hydrogen-bond donors (Lipinski definition) is 0. The Morgan fingerprint density at radius 1 is 1.29 bits per heavy atom. The summed E-state index contributed by atoms with van der Waals surface area (Å²) in [6, 6.07) is 0. The minimum absolute atomic E-state index is 0.329. The molecule has 0 saturated heterocycles. The van der Waals surface area contributed by atoms with Gasteiger partial charge in [-0.1, -0.05) is 50.8 Å². The molecule has 1 nitrogen and oxygen atoms in total. The van der Waals surface area contributed by atoms with Gasteiger partial charge < -0.3 is 0 Å². The zero-order chi connectivity index (χ0) is 10.2. The van der Waals surface area contributed by atoms with Crippen LogP contribution in [0.1, 0.15) is 51.9 Å². The van der Waals surface area contributed by atoms with Crippen LogP contribution in [0.15, 0.2) is 23.8 Å². The number of hydrogen-bond acceptors (Lipinski definition) is 1. The first kappa shape index (κ1) is 11.2. The molecular weight excluding hydrogens is 172 g/mol. The van der Waals surface area contributed by atoms with Gasteiger partial charge in [-0.05, 0) is 12.8 Å². The summed E-state index contributed by atoms with van der Waals surface area (Å²) in [4.78, 5) is 11.6. The Balaban J connectivity index is 2.06. The zero-order valence-electron chi connectivity index (χ0n) is 9.09. The highest BCUT2D eigenvalue weighted by Crippen LogP contribution is 2.14. The summed E-state index contributed by atoms with van der Waals surface area (Å²) in [5.74, 6) is 0.329. The standard InChI is InChI=1S/C13H20O/c1-2-3-4-5-6-11-13(14)12-9-7-8-10-12/h7,9-10H,2-6,8,11H2,1H3. The molecule has 0 fully saturated rings. The van der Waals surface area contributed by atoms with E-state index in [1.165, 1.54) is 25.7 Å². The molecule has 0 N–H and O–H groups in total. The van der Waals surface area contributed by atoms with Crippen LogP contribution in [-0.4, -0.2) is 5.78 Å². The fraction of sp³-hybridized carbons (Fsp3) is 0.615. The molecule has 0 saturated carbocycles. The number of carbonyl (C=O) groups excluding carboxylic acids is 1. The van der Waals surface area contributed by atoms with Crippen molar-refractivity contribution < 1.29 is 4.79 Å². The van der Waals surface area contributed by atoms with Gasteiger partial charge in [0.2, 0.25) is 0 Å². The summed E-state index contributed by atoms with van der Waals surface area (Å²) >= 11 is 0. The second-order valence-corrected chi connectivity index (χ2v) is 3.88. The number of allylic oxidation sites excluding steroid dienone is 4. The quantitative estimate of drug-likeness (QED) is 0.561. The highest BCUT2D eigenvalue weighted by atomic mass is 16.1. The number of Topliss-reactive ketones (excluding diaryl/α,β-unsaturated/α-hetero) is 1. The van der Waals surface area contributed by atoms with Crippen LogP contribution in [-0.2, 0) is 4.79 Å². The molecule has 0 bridgehead atoms. The van der Waals surface area contributed by atoms with Crippen molar-refractivity contribution in [1.82, 2.24) is 0 Å². The molecule has 78 valence electrons. The summed E-state index contributed by atoms with van der Waals surface area (Å²) < 4.78 is 0. The Morgan fingerprint density at radius 2 is 2.07 bits per heavy atom. The van der Waals surface area contributed by atoms with Gasteiger partial charge in [-0.2, -0.15) is 0 Å². The Morgan fingerprint density at radius 3 is 2.71 bits per heavy atom. The molecule has 1 rings (SSSR count). The van der Waals surface area contributed by atoms with Crippen molar-refractivity contribution in [2.45, 2.75) is 51.9 Å². The van der Waals surface area contributed by atoms with Crippen molar-refractivity contribution in [1.29, 1.82) is 0 Å². The molecule has 0 aliphatic heterocycles. The third kappa shape index (κ3) is 3.91. The van der Waals surface area contributed by atoms with Crippen LogP contribution in [0.5, 0.6) is 0 Å². The second kappa shape index (κ2) is 6.58. The molecule has 14 heavy (non-hydrogen) atoms. The normalized spacial score (nSPS) is 14.5. The molecular formula is C13H20O. The molecule has 0 atom stereocenters. The van der Waals surface area contributed by atoms with Crippen LogP contribution in [0.25, 0.3) is 0 Å². The summed E-state index contributed by atoms with van der Waals surface area (Å²) in [5, 5.41) is 0. The van der Waals surface area contributed by atoms with Gasteiger partial charge in [0.1, 0.15) is 0 Å². The largest absolute Gasteiger partial charge is 0.294 e. The van der Waals surface area contributed by atoms with Crippen molar-refractivity contribution in [3.8, 4) is 0 Å². The van der Waals surface area contributed by atoms with Crippen molar-refractivity contribution in [3.63, 3.8) is 0 Å². The molecule has 0 aromatic carbocycles. The summed E-state index contributed by atoms with van der Waals surface area (Å²) in [6.45, 7) is 2.21. The number of rotatable bonds is 7. The molecule has 0 aromatic rings. The van der Waals surface area contributed by atoms with E-state index in [0.29, 0.717) is 5.78 Å². The number of carbonyl (C=O) groups is 1. The summed E-state index contributed by atoms with van der Waals surface area (Å²) in [6.07, 6.45) is 13.8. The Labute approximate surface area is 86.9 Å². The van der Waals surface area contributed by atoms with Gasteiger partial charge in [-0.3, -0.25) is 4.79 Å². The maximum atomic E-state index is 11.6. The van der Waals surface area contributed by atoms with E-state index < -0.39 is 0 Å². The molecule has 0 unspecified atom stereocenters.